The predicted octanol–water partition coefficient (Wildman–Crippen LogP) is 11.6. The van der Waals surface area contributed by atoms with Gasteiger partial charge in [0, 0.05) is 28.2 Å². The summed E-state index contributed by atoms with van der Waals surface area (Å²) >= 11 is 13.5. The first-order valence-electron chi connectivity index (χ1n) is 30.1. The zero-order valence-corrected chi connectivity index (χ0v) is 60.2. The number of aromatic nitrogens is 25. The molecule has 0 radical (unpaired) electrons. The molecule has 0 saturated carbocycles. The van der Waals surface area contributed by atoms with Crippen LogP contribution in [0.2, 0.25) is 10.6 Å². The number of nitrogens with two attached hydrogens (primary N) is 1. The molecule has 0 aromatic carbocycles. The van der Waals surface area contributed by atoms with Gasteiger partial charge in [0.15, 0.2) is 16.9 Å². The number of nitrogens with one attached hydrogen (secondary N) is 2. The van der Waals surface area contributed by atoms with E-state index in [0.717, 1.165) is 132 Å². The lowest BCUT2D eigenvalue weighted by atomic mass is 9.81. The average molecular weight is 1460 g/mol. The van der Waals surface area contributed by atoms with Gasteiger partial charge >= 0.3 is 7.12 Å². The van der Waals surface area contributed by atoms with E-state index < -0.39 is 0 Å². The van der Waals surface area contributed by atoms with Crippen molar-refractivity contribution in [2.24, 2.45) is 28.2 Å². The summed E-state index contributed by atoms with van der Waals surface area (Å²) < 4.78 is 24.4. The van der Waals surface area contributed by atoms with Crippen molar-refractivity contribution in [3.63, 3.8) is 0 Å². The number of allylic oxidation sites excluding steroid dienone is 3. The fourth-order valence-electron chi connectivity index (χ4n) is 9.61. The number of anilines is 5. The third-order valence-corrected chi connectivity index (χ3v) is 16.8. The van der Waals surface area contributed by atoms with Gasteiger partial charge in [-0.3, -0.25) is 18.7 Å². The molecule has 15 heterocycles. The Balaban J connectivity index is 0.000000130. The predicted molar refractivity (Wildman–Crippen MR) is 387 cm³/mol. The molecule has 0 bridgehead atoms. The molecule has 0 atom stereocenters. The Morgan fingerprint density at radius 3 is 1.36 bits per heavy atom. The molecule has 34 heteroatoms. The largest absolute Gasteiger partial charge is 0.489 e. The summed E-state index contributed by atoms with van der Waals surface area (Å²) in [5.74, 6) is 1.34. The maximum absolute atomic E-state index is 5.72. The Hall–Kier alpha value is -10.0. The van der Waals surface area contributed by atoms with Crippen molar-refractivity contribution in [2.45, 2.75) is 100 Å². The highest BCUT2D eigenvalue weighted by molar-refractivity contribution is 14.1. The number of nitrogens with zero attached hydrogens (tertiary/aromatic N) is 25. The lowest BCUT2D eigenvalue weighted by molar-refractivity contribution is 0.00578. The highest BCUT2D eigenvalue weighted by atomic mass is 127. The van der Waals surface area contributed by atoms with Crippen LogP contribution >= 0.6 is 45.8 Å². The number of halogens is 3. The van der Waals surface area contributed by atoms with Crippen LogP contribution in [-0.2, 0) is 37.5 Å². The van der Waals surface area contributed by atoms with Gasteiger partial charge in [-0.05, 0) is 167 Å². The van der Waals surface area contributed by atoms with Crippen molar-refractivity contribution in [3.05, 3.63) is 154 Å². The average Bonchev–Trinajstić information content (AvgIpc) is 1.69. The summed E-state index contributed by atoms with van der Waals surface area (Å²) in [4.78, 5) is 46.4. The van der Waals surface area contributed by atoms with Gasteiger partial charge < -0.3 is 25.7 Å². The van der Waals surface area contributed by atoms with E-state index in [9.17, 15) is 0 Å². The molecular weight excluding hydrogens is 1390 g/mol. The van der Waals surface area contributed by atoms with Gasteiger partial charge in [0.1, 0.15) is 78.2 Å². The molecule has 15 rings (SSSR count). The number of rotatable bonds is 8. The van der Waals surface area contributed by atoms with E-state index in [4.69, 9.17) is 38.2 Å². The second kappa shape index (κ2) is 28.4. The molecule has 1 aliphatic rings. The summed E-state index contributed by atoms with van der Waals surface area (Å²) in [6.07, 6.45) is 17.0. The van der Waals surface area contributed by atoms with Gasteiger partial charge in [-0.25, -0.2) is 68.4 Å². The Bertz CT molecular complexity index is 5240. The van der Waals surface area contributed by atoms with Crippen molar-refractivity contribution in [2.75, 3.05) is 16.4 Å². The zero-order valence-electron chi connectivity index (χ0n) is 56.5. The third-order valence-electron chi connectivity index (χ3n) is 15.7. The molecule has 500 valence electrons. The lowest BCUT2D eigenvalue weighted by Crippen LogP contribution is -2.41. The van der Waals surface area contributed by atoms with E-state index in [1.165, 1.54) is 19.0 Å². The first kappa shape index (κ1) is 69.8. The maximum Gasteiger partial charge on any atom is 0.489 e. The topological polar surface area (TPSA) is 334 Å². The molecule has 30 nitrogen and oxygen atoms in total. The minimum atomic E-state index is -0.241. The highest BCUT2D eigenvalue weighted by Gasteiger charge is 2.51. The SMILES string of the molecule is C=C(C)B1OC(C)(C)C(C)(C)O1.C=C(C)c1nn(C)c2cnc(Cl)nc12.C=C(C)c1nn(C)c2cnc(Nc3cn4ncnc4cc3C)nc12.Cc1cc2ncnn2cc1N.Cc1cc2ncnn2cc1Nc1ncc2c(n1)c(C(C)C)nn2C.Cn1nc(I)c2nc(Cl)ncc21. The van der Waals surface area contributed by atoms with Crippen LogP contribution in [0, 0.1) is 24.5 Å². The van der Waals surface area contributed by atoms with Crippen molar-refractivity contribution in [1.82, 2.24) is 123 Å². The van der Waals surface area contributed by atoms with Gasteiger partial charge in [0.25, 0.3) is 0 Å². The fourth-order valence-corrected chi connectivity index (χ4v) is 10.6. The first-order chi connectivity index (χ1) is 45.9. The molecule has 14 aromatic rings. The molecule has 0 amide bonds. The van der Waals surface area contributed by atoms with E-state index in [0.29, 0.717) is 17.8 Å². The van der Waals surface area contributed by atoms with Gasteiger partial charge in [-0.1, -0.05) is 32.5 Å². The Morgan fingerprint density at radius 1 is 0.536 bits per heavy atom. The van der Waals surface area contributed by atoms with Crippen molar-refractivity contribution in [1.29, 1.82) is 0 Å². The molecule has 0 unspecified atom stereocenters. The number of hydrogen-bond donors (Lipinski definition) is 3. The van der Waals surface area contributed by atoms with Crippen LogP contribution in [-0.4, -0.2) is 141 Å². The van der Waals surface area contributed by atoms with E-state index in [2.05, 4.69) is 157 Å². The molecule has 1 aliphatic heterocycles. The number of pyridine rings is 3. The lowest BCUT2D eigenvalue weighted by Gasteiger charge is -2.32. The summed E-state index contributed by atoms with van der Waals surface area (Å²) in [6.45, 7) is 35.7. The number of hydrogen-bond acceptors (Lipinski definition) is 23. The summed E-state index contributed by atoms with van der Waals surface area (Å²) in [5, 5.41) is 36.7. The molecule has 97 heavy (non-hydrogen) atoms. The number of aryl methyl sites for hydroxylation is 7. The Morgan fingerprint density at radius 2 is 0.918 bits per heavy atom. The highest BCUT2D eigenvalue weighted by Crippen LogP contribution is 2.38. The minimum absolute atomic E-state index is 0.230. The van der Waals surface area contributed by atoms with Gasteiger partial charge in [0.2, 0.25) is 22.5 Å². The van der Waals surface area contributed by atoms with Crippen molar-refractivity contribution < 1.29 is 9.31 Å². The van der Waals surface area contributed by atoms with Crippen LogP contribution in [0.1, 0.15) is 102 Å². The molecule has 0 aliphatic carbocycles. The van der Waals surface area contributed by atoms with Crippen LogP contribution < -0.4 is 16.4 Å². The fraction of sp³-hybridized carbons (Fsp3) is 0.302. The molecule has 14 aromatic heterocycles. The van der Waals surface area contributed by atoms with Crippen molar-refractivity contribution in [3.8, 4) is 0 Å². The zero-order chi connectivity index (χ0) is 70.1. The molecule has 0 spiro atoms. The van der Waals surface area contributed by atoms with Gasteiger partial charge in [-0.15, -0.1) is 6.58 Å². The van der Waals surface area contributed by atoms with E-state index in [1.54, 1.807) is 58.6 Å². The Labute approximate surface area is 581 Å². The minimum Gasteiger partial charge on any atom is -0.400 e. The molecular formula is C63H72BCl2IN28O2. The third kappa shape index (κ3) is 15.3. The number of fused-ring (bicyclic) bond motifs is 7. The van der Waals surface area contributed by atoms with Crippen LogP contribution in [0.15, 0.2) is 106 Å². The molecule has 1 saturated heterocycles. The quantitative estimate of drug-likeness (QED) is 0.0723. The second-order valence-electron chi connectivity index (χ2n) is 24.2. The second-order valence-corrected chi connectivity index (χ2v) is 25.9. The van der Waals surface area contributed by atoms with Crippen LogP contribution in [0.25, 0.3) is 72.2 Å². The van der Waals surface area contributed by atoms with Gasteiger partial charge in [0.05, 0.1) is 77.3 Å². The summed E-state index contributed by atoms with van der Waals surface area (Å²) in [5.41, 5.74) is 25.2. The standard InChI is InChI=1S/C16H18N8.C16H16N8.C9H17BO2.C9H9ClN4.C7H8N4.C6H4ClIN4/c2*1-9(2)14-15-12(23(4)22-14)6-17-16(21-15)20-11-7-24-13(5-10(11)3)18-8-19-24;1-7(2)10-11-8(3,4)9(5,6)12-10;1-5(2)7-8-6(14(3)13-7)4-11-9(10)12-8;1-5-2-7-9-4-10-11(7)3-6(5)8;1-12-3-2-9-6(7)10-4(3)5(8)11-12/h5-9H,1-4H3,(H,17,20,21);5-8H,1H2,2-4H3,(H,17,20,21);1H2,2-6H3;4H,1H2,2-3H3;2-4H,8H2,1H3;2H,1H3. The van der Waals surface area contributed by atoms with E-state index in [-0.39, 0.29) is 28.9 Å². The van der Waals surface area contributed by atoms with Crippen LogP contribution in [0.4, 0.5) is 29.0 Å². The van der Waals surface area contributed by atoms with E-state index >= 15 is 0 Å². The maximum atomic E-state index is 5.72. The molecule has 1 fully saturated rings. The Kier molecular flexibility index (Phi) is 20.4. The smallest absolute Gasteiger partial charge is 0.400 e. The van der Waals surface area contributed by atoms with E-state index in [1.807, 2.05) is 133 Å². The first-order valence-corrected chi connectivity index (χ1v) is 32.0. The molecule has 4 N–H and O–H groups in total. The van der Waals surface area contributed by atoms with Crippen LogP contribution in [0.3, 0.4) is 0 Å². The monoisotopic (exact) mass is 1460 g/mol. The summed E-state index contributed by atoms with van der Waals surface area (Å²) in [7, 11) is 7.23. The number of nitrogen functional groups attached to an aromatic ring is 1. The van der Waals surface area contributed by atoms with Crippen molar-refractivity contribution >= 4 is 154 Å². The normalized spacial score (nSPS) is 13.0. The van der Waals surface area contributed by atoms with Gasteiger partial charge in [-0.2, -0.15) is 35.7 Å². The summed E-state index contributed by atoms with van der Waals surface area (Å²) in [6, 6.07) is 5.83. The van der Waals surface area contributed by atoms with Crippen LogP contribution in [0.5, 0.6) is 0 Å².